The van der Waals surface area contributed by atoms with Gasteiger partial charge in [0.15, 0.2) is 0 Å². The molecule has 0 atom stereocenters. The first-order valence-corrected chi connectivity index (χ1v) is 6.83. The third-order valence-electron chi connectivity index (χ3n) is 4.00. The molecule has 1 saturated carbocycles. The van der Waals surface area contributed by atoms with Crippen LogP contribution in [0.2, 0.25) is 0 Å². The molecule has 0 amide bonds. The summed E-state index contributed by atoms with van der Waals surface area (Å²) in [5.41, 5.74) is 0. The molecule has 0 bridgehead atoms. The van der Waals surface area contributed by atoms with Crippen molar-refractivity contribution in [1.82, 2.24) is 9.80 Å². The Bertz CT molecular complexity index is 182. The molecule has 2 rings (SSSR count). The summed E-state index contributed by atoms with van der Waals surface area (Å²) in [4.78, 5) is 5.23. The second-order valence-corrected chi connectivity index (χ2v) is 5.49. The summed E-state index contributed by atoms with van der Waals surface area (Å²) in [6, 6.07) is 0.832. The molecule has 15 heavy (non-hydrogen) atoms. The molecule has 3 heteroatoms. The molecule has 2 fully saturated rings. The summed E-state index contributed by atoms with van der Waals surface area (Å²) in [7, 11) is 0. The van der Waals surface area contributed by atoms with Crippen molar-refractivity contribution in [2.45, 2.75) is 44.0 Å². The van der Waals surface area contributed by atoms with Crippen LogP contribution in [-0.2, 0) is 0 Å². The first-order chi connectivity index (χ1) is 7.29. The monoisotopic (exact) mass is 230 g/mol. The van der Waals surface area contributed by atoms with Crippen LogP contribution in [-0.4, -0.2) is 53.9 Å². The minimum absolute atomic E-state index is 0.457. The largest absolute Gasteiger partial charge is 0.301 e. The fourth-order valence-corrected chi connectivity index (χ4v) is 3.10. The van der Waals surface area contributed by atoms with Gasteiger partial charge in [-0.3, -0.25) is 4.90 Å². The molecule has 0 N–H and O–H groups in total. The Morgan fingerprint density at radius 1 is 1.00 bits per heavy atom. The molecule has 1 aliphatic heterocycles. The van der Waals surface area contributed by atoms with E-state index in [0.29, 0.717) is 5.38 Å². The van der Waals surface area contributed by atoms with Crippen LogP contribution in [0, 0.1) is 0 Å². The molecule has 0 aromatic carbocycles. The van der Waals surface area contributed by atoms with E-state index in [2.05, 4.69) is 16.7 Å². The van der Waals surface area contributed by atoms with Gasteiger partial charge in [-0.2, -0.15) is 0 Å². The predicted molar refractivity (Wildman–Crippen MR) is 65.6 cm³/mol. The summed E-state index contributed by atoms with van der Waals surface area (Å²) >= 11 is 6.14. The SMILES string of the molecule is CCN1CCN(C2CCC(Cl)CC2)CC1. The Morgan fingerprint density at radius 3 is 2.13 bits per heavy atom. The smallest absolute Gasteiger partial charge is 0.0337 e. The Morgan fingerprint density at radius 2 is 1.60 bits per heavy atom. The molecule has 88 valence electrons. The van der Waals surface area contributed by atoms with E-state index in [0.717, 1.165) is 6.04 Å². The standard InChI is InChI=1S/C12H23ClN2/c1-2-14-7-9-15(10-8-14)12-5-3-11(13)4-6-12/h11-12H,2-10H2,1H3. The zero-order valence-corrected chi connectivity index (χ0v) is 10.5. The maximum absolute atomic E-state index is 6.14. The van der Waals surface area contributed by atoms with Crippen LogP contribution in [0.5, 0.6) is 0 Å². The van der Waals surface area contributed by atoms with E-state index in [9.17, 15) is 0 Å². The number of hydrogen-bond acceptors (Lipinski definition) is 2. The van der Waals surface area contributed by atoms with Gasteiger partial charge in [-0.25, -0.2) is 0 Å². The molecule has 1 heterocycles. The van der Waals surface area contributed by atoms with Crippen LogP contribution in [0.3, 0.4) is 0 Å². The minimum atomic E-state index is 0.457. The topological polar surface area (TPSA) is 6.48 Å². The molecule has 0 radical (unpaired) electrons. The number of nitrogens with zero attached hydrogens (tertiary/aromatic N) is 2. The Balaban J connectivity index is 1.75. The van der Waals surface area contributed by atoms with Crippen LogP contribution >= 0.6 is 11.6 Å². The fourth-order valence-electron chi connectivity index (χ4n) is 2.85. The van der Waals surface area contributed by atoms with Gasteiger partial charge < -0.3 is 4.90 Å². The van der Waals surface area contributed by atoms with E-state index in [-0.39, 0.29) is 0 Å². The molecule has 0 aromatic rings. The van der Waals surface area contributed by atoms with Gasteiger partial charge in [-0.1, -0.05) is 6.92 Å². The quantitative estimate of drug-likeness (QED) is 0.671. The van der Waals surface area contributed by atoms with Gasteiger partial charge in [0.25, 0.3) is 0 Å². The first kappa shape index (κ1) is 11.7. The Hall–Kier alpha value is 0.210. The van der Waals surface area contributed by atoms with Crippen LogP contribution in [0.25, 0.3) is 0 Å². The van der Waals surface area contributed by atoms with Crippen molar-refractivity contribution in [2.24, 2.45) is 0 Å². The van der Waals surface area contributed by atoms with Crippen LogP contribution in [0.15, 0.2) is 0 Å². The molecule has 2 aliphatic rings. The number of alkyl halides is 1. The lowest BCUT2D eigenvalue weighted by atomic mass is 9.93. The van der Waals surface area contributed by atoms with Gasteiger partial charge in [0.05, 0.1) is 0 Å². The van der Waals surface area contributed by atoms with Crippen molar-refractivity contribution in [3.63, 3.8) is 0 Å². The summed E-state index contributed by atoms with van der Waals surface area (Å²) < 4.78 is 0. The average Bonchev–Trinajstić information content (AvgIpc) is 2.30. The van der Waals surface area contributed by atoms with Crippen molar-refractivity contribution in [1.29, 1.82) is 0 Å². The summed E-state index contributed by atoms with van der Waals surface area (Å²) in [6.45, 7) is 8.53. The van der Waals surface area contributed by atoms with E-state index < -0.39 is 0 Å². The zero-order valence-electron chi connectivity index (χ0n) is 9.79. The van der Waals surface area contributed by atoms with Gasteiger partial charge in [-0.05, 0) is 32.2 Å². The summed E-state index contributed by atoms with van der Waals surface area (Å²) in [5.74, 6) is 0. The van der Waals surface area contributed by atoms with Crippen LogP contribution in [0.4, 0.5) is 0 Å². The van der Waals surface area contributed by atoms with E-state index in [1.807, 2.05) is 0 Å². The number of rotatable bonds is 2. The van der Waals surface area contributed by atoms with Crippen LogP contribution < -0.4 is 0 Å². The van der Waals surface area contributed by atoms with E-state index in [4.69, 9.17) is 11.6 Å². The zero-order chi connectivity index (χ0) is 10.7. The number of likely N-dealkylation sites (N-methyl/N-ethyl adjacent to an activating group) is 1. The average molecular weight is 231 g/mol. The second kappa shape index (κ2) is 5.51. The summed E-state index contributed by atoms with van der Waals surface area (Å²) in [5, 5.41) is 0.457. The van der Waals surface area contributed by atoms with Gasteiger partial charge in [-0.15, -0.1) is 11.6 Å². The van der Waals surface area contributed by atoms with Crippen molar-refractivity contribution < 1.29 is 0 Å². The first-order valence-electron chi connectivity index (χ1n) is 6.40. The second-order valence-electron chi connectivity index (χ2n) is 4.88. The highest BCUT2D eigenvalue weighted by molar-refractivity contribution is 6.20. The van der Waals surface area contributed by atoms with Crippen molar-refractivity contribution in [3.05, 3.63) is 0 Å². The third-order valence-corrected chi connectivity index (χ3v) is 4.43. The Kier molecular flexibility index (Phi) is 4.30. The minimum Gasteiger partial charge on any atom is -0.301 e. The maximum atomic E-state index is 6.14. The van der Waals surface area contributed by atoms with Gasteiger partial charge in [0.1, 0.15) is 0 Å². The highest BCUT2D eigenvalue weighted by Crippen LogP contribution is 2.26. The third kappa shape index (κ3) is 3.08. The van der Waals surface area contributed by atoms with Gasteiger partial charge in [0.2, 0.25) is 0 Å². The van der Waals surface area contributed by atoms with Gasteiger partial charge >= 0.3 is 0 Å². The Labute approximate surface area is 98.6 Å². The van der Waals surface area contributed by atoms with Crippen molar-refractivity contribution in [3.8, 4) is 0 Å². The number of hydrogen-bond donors (Lipinski definition) is 0. The lowest BCUT2D eigenvalue weighted by Gasteiger charge is -2.41. The molecular weight excluding hydrogens is 208 g/mol. The summed E-state index contributed by atoms with van der Waals surface area (Å²) in [6.07, 6.45) is 5.08. The normalized spacial score (nSPS) is 35.6. The number of piperazine rings is 1. The molecule has 1 aliphatic carbocycles. The maximum Gasteiger partial charge on any atom is 0.0337 e. The highest BCUT2D eigenvalue weighted by Gasteiger charge is 2.26. The molecule has 0 spiro atoms. The lowest BCUT2D eigenvalue weighted by Crippen LogP contribution is -2.51. The van der Waals surface area contributed by atoms with Crippen LogP contribution in [0.1, 0.15) is 32.6 Å². The molecule has 2 nitrogen and oxygen atoms in total. The lowest BCUT2D eigenvalue weighted by molar-refractivity contribution is 0.0822. The fraction of sp³-hybridized carbons (Fsp3) is 1.00. The highest BCUT2D eigenvalue weighted by atomic mass is 35.5. The van der Waals surface area contributed by atoms with E-state index in [1.54, 1.807) is 0 Å². The molecular formula is C12H23ClN2. The number of halogens is 1. The molecule has 0 unspecified atom stereocenters. The predicted octanol–water partition coefficient (Wildman–Crippen LogP) is 2.17. The van der Waals surface area contributed by atoms with E-state index in [1.165, 1.54) is 58.4 Å². The molecule has 1 saturated heterocycles. The van der Waals surface area contributed by atoms with Gasteiger partial charge in [0, 0.05) is 37.6 Å². The van der Waals surface area contributed by atoms with Crippen molar-refractivity contribution in [2.75, 3.05) is 32.7 Å². The molecule has 0 aromatic heterocycles. The van der Waals surface area contributed by atoms with Crippen molar-refractivity contribution >= 4 is 11.6 Å². The van der Waals surface area contributed by atoms with E-state index >= 15 is 0 Å².